The topological polar surface area (TPSA) is 56.5 Å². The zero-order chi connectivity index (χ0) is 14.2. The molecule has 0 heterocycles. The Morgan fingerprint density at radius 3 is 2.55 bits per heavy atom. The molecule has 106 valence electrons. The minimum atomic E-state index is 0.572. The third-order valence-electron chi connectivity index (χ3n) is 2.80. The number of rotatable bonds is 7. The van der Waals surface area contributed by atoms with Crippen molar-refractivity contribution in [2.75, 3.05) is 30.8 Å². The summed E-state index contributed by atoms with van der Waals surface area (Å²) in [6, 6.07) is 15.4. The third kappa shape index (κ3) is 3.82. The van der Waals surface area contributed by atoms with Crippen molar-refractivity contribution in [3.8, 4) is 11.5 Å². The van der Waals surface area contributed by atoms with Gasteiger partial charge in [0.15, 0.2) is 0 Å². The van der Waals surface area contributed by atoms with E-state index >= 15 is 0 Å². The summed E-state index contributed by atoms with van der Waals surface area (Å²) >= 11 is 0. The summed E-state index contributed by atoms with van der Waals surface area (Å²) in [7, 11) is 0. The maximum atomic E-state index is 6.03. The lowest BCUT2D eigenvalue weighted by atomic mass is 10.2. The first-order valence-electron chi connectivity index (χ1n) is 6.74. The number of ether oxygens (including phenoxy) is 2. The quantitative estimate of drug-likeness (QED) is 0.600. The number of anilines is 2. The summed E-state index contributed by atoms with van der Waals surface area (Å²) in [5.41, 5.74) is 7.54. The van der Waals surface area contributed by atoms with Crippen LogP contribution in [0.4, 0.5) is 11.4 Å². The van der Waals surface area contributed by atoms with E-state index in [1.807, 2.05) is 55.5 Å². The van der Waals surface area contributed by atoms with Gasteiger partial charge in [-0.2, -0.15) is 0 Å². The van der Waals surface area contributed by atoms with Crippen molar-refractivity contribution in [2.45, 2.75) is 6.92 Å². The van der Waals surface area contributed by atoms with Gasteiger partial charge in [0.1, 0.15) is 18.1 Å². The molecular formula is C16H20N2O2. The molecule has 4 nitrogen and oxygen atoms in total. The van der Waals surface area contributed by atoms with Gasteiger partial charge in [-0.1, -0.05) is 24.3 Å². The van der Waals surface area contributed by atoms with Crippen LogP contribution in [-0.4, -0.2) is 19.8 Å². The van der Waals surface area contributed by atoms with Crippen molar-refractivity contribution in [1.29, 1.82) is 0 Å². The number of benzene rings is 2. The second-order valence-electron chi connectivity index (χ2n) is 4.24. The van der Waals surface area contributed by atoms with Gasteiger partial charge in [-0.3, -0.25) is 0 Å². The molecule has 0 radical (unpaired) electrons. The van der Waals surface area contributed by atoms with E-state index in [1.165, 1.54) is 0 Å². The molecule has 0 fully saturated rings. The second kappa shape index (κ2) is 7.28. The Morgan fingerprint density at radius 2 is 1.80 bits per heavy atom. The summed E-state index contributed by atoms with van der Waals surface area (Å²) < 4.78 is 11.1. The highest BCUT2D eigenvalue weighted by atomic mass is 16.5. The second-order valence-corrected chi connectivity index (χ2v) is 4.24. The number of para-hydroxylation sites is 2. The molecule has 2 aromatic carbocycles. The minimum Gasteiger partial charge on any atom is -0.492 e. The predicted octanol–water partition coefficient (Wildman–Crippen LogP) is 3.16. The lowest BCUT2D eigenvalue weighted by Crippen LogP contribution is -2.12. The van der Waals surface area contributed by atoms with Crippen LogP contribution >= 0.6 is 0 Å². The average Bonchev–Trinajstić information content (AvgIpc) is 2.48. The van der Waals surface area contributed by atoms with Crippen LogP contribution in [0.5, 0.6) is 11.5 Å². The standard InChI is InChI=1S/C16H20N2O2/c1-2-19-15-10-6-9-14(16(15)17)18-11-12-20-13-7-4-3-5-8-13/h3-10,18H,2,11-12,17H2,1H3. The van der Waals surface area contributed by atoms with E-state index in [0.29, 0.717) is 31.2 Å². The van der Waals surface area contributed by atoms with E-state index < -0.39 is 0 Å². The molecule has 0 spiro atoms. The molecule has 0 amide bonds. The number of nitrogen functional groups attached to an aromatic ring is 1. The van der Waals surface area contributed by atoms with Crippen LogP contribution in [0.2, 0.25) is 0 Å². The van der Waals surface area contributed by atoms with Gasteiger partial charge in [0.05, 0.1) is 18.0 Å². The summed E-state index contributed by atoms with van der Waals surface area (Å²) in [6.45, 7) is 3.79. The van der Waals surface area contributed by atoms with Crippen molar-refractivity contribution in [3.05, 3.63) is 48.5 Å². The Kier molecular flexibility index (Phi) is 5.12. The number of hydrogen-bond acceptors (Lipinski definition) is 4. The van der Waals surface area contributed by atoms with Gasteiger partial charge in [-0.15, -0.1) is 0 Å². The van der Waals surface area contributed by atoms with Crippen molar-refractivity contribution >= 4 is 11.4 Å². The van der Waals surface area contributed by atoms with E-state index in [0.717, 1.165) is 11.4 Å². The number of hydrogen-bond donors (Lipinski definition) is 2. The van der Waals surface area contributed by atoms with E-state index in [-0.39, 0.29) is 0 Å². The molecule has 2 rings (SSSR count). The maximum absolute atomic E-state index is 6.03. The van der Waals surface area contributed by atoms with Crippen LogP contribution in [0.1, 0.15) is 6.92 Å². The zero-order valence-electron chi connectivity index (χ0n) is 11.6. The van der Waals surface area contributed by atoms with E-state index in [4.69, 9.17) is 15.2 Å². The van der Waals surface area contributed by atoms with Crippen LogP contribution in [0.25, 0.3) is 0 Å². The first kappa shape index (κ1) is 14.1. The Bertz CT molecular complexity index is 529. The van der Waals surface area contributed by atoms with Gasteiger partial charge in [-0.25, -0.2) is 0 Å². The smallest absolute Gasteiger partial charge is 0.144 e. The molecule has 0 aliphatic carbocycles. The fourth-order valence-electron chi connectivity index (χ4n) is 1.85. The van der Waals surface area contributed by atoms with Crippen LogP contribution in [-0.2, 0) is 0 Å². The SMILES string of the molecule is CCOc1cccc(NCCOc2ccccc2)c1N. The number of nitrogens with two attached hydrogens (primary N) is 1. The summed E-state index contributed by atoms with van der Waals surface area (Å²) in [4.78, 5) is 0. The highest BCUT2D eigenvalue weighted by molar-refractivity contribution is 5.72. The third-order valence-corrected chi connectivity index (χ3v) is 2.80. The average molecular weight is 272 g/mol. The maximum Gasteiger partial charge on any atom is 0.144 e. The van der Waals surface area contributed by atoms with Crippen molar-refractivity contribution in [2.24, 2.45) is 0 Å². The molecule has 3 N–H and O–H groups in total. The first-order valence-corrected chi connectivity index (χ1v) is 6.74. The zero-order valence-corrected chi connectivity index (χ0v) is 11.6. The highest BCUT2D eigenvalue weighted by Gasteiger charge is 2.04. The van der Waals surface area contributed by atoms with Gasteiger partial charge < -0.3 is 20.5 Å². The highest BCUT2D eigenvalue weighted by Crippen LogP contribution is 2.29. The van der Waals surface area contributed by atoms with E-state index in [1.54, 1.807) is 0 Å². The van der Waals surface area contributed by atoms with E-state index in [2.05, 4.69) is 5.32 Å². The molecule has 0 unspecified atom stereocenters. The van der Waals surface area contributed by atoms with Crippen LogP contribution in [0.3, 0.4) is 0 Å². The molecule has 0 aliphatic heterocycles. The van der Waals surface area contributed by atoms with Gasteiger partial charge in [0.2, 0.25) is 0 Å². The molecule has 0 aromatic heterocycles. The van der Waals surface area contributed by atoms with Crippen LogP contribution in [0, 0.1) is 0 Å². The van der Waals surface area contributed by atoms with Crippen molar-refractivity contribution in [1.82, 2.24) is 0 Å². The van der Waals surface area contributed by atoms with Crippen molar-refractivity contribution in [3.63, 3.8) is 0 Å². The normalized spacial score (nSPS) is 10.1. The van der Waals surface area contributed by atoms with E-state index in [9.17, 15) is 0 Å². The molecule has 20 heavy (non-hydrogen) atoms. The minimum absolute atomic E-state index is 0.572. The molecule has 0 atom stereocenters. The summed E-state index contributed by atoms with van der Waals surface area (Å²) in [5, 5.41) is 3.25. The van der Waals surface area contributed by atoms with Gasteiger partial charge >= 0.3 is 0 Å². The number of nitrogens with one attached hydrogen (secondary N) is 1. The lowest BCUT2D eigenvalue weighted by molar-refractivity contribution is 0.332. The van der Waals surface area contributed by atoms with Gasteiger partial charge in [0.25, 0.3) is 0 Å². The Balaban J connectivity index is 1.83. The first-order chi connectivity index (χ1) is 9.81. The largest absolute Gasteiger partial charge is 0.492 e. The molecule has 0 aliphatic rings. The monoisotopic (exact) mass is 272 g/mol. The molecule has 2 aromatic rings. The Morgan fingerprint density at radius 1 is 1.00 bits per heavy atom. The molecular weight excluding hydrogens is 252 g/mol. The summed E-state index contributed by atoms with van der Waals surface area (Å²) in [5.74, 6) is 1.58. The molecule has 0 saturated heterocycles. The van der Waals surface area contributed by atoms with Crippen LogP contribution in [0.15, 0.2) is 48.5 Å². The van der Waals surface area contributed by atoms with Crippen LogP contribution < -0.4 is 20.5 Å². The fourth-order valence-corrected chi connectivity index (χ4v) is 1.85. The predicted molar refractivity (Wildman–Crippen MR) is 82.5 cm³/mol. The van der Waals surface area contributed by atoms with Gasteiger partial charge in [0, 0.05) is 6.54 Å². The van der Waals surface area contributed by atoms with Gasteiger partial charge in [-0.05, 0) is 31.2 Å². The molecule has 4 heteroatoms. The summed E-state index contributed by atoms with van der Waals surface area (Å²) in [6.07, 6.45) is 0. The molecule has 0 bridgehead atoms. The fraction of sp³-hybridized carbons (Fsp3) is 0.250. The Hall–Kier alpha value is -2.36. The molecule has 0 saturated carbocycles. The lowest BCUT2D eigenvalue weighted by Gasteiger charge is -2.13. The Labute approximate surface area is 119 Å². The van der Waals surface area contributed by atoms with Crippen molar-refractivity contribution < 1.29 is 9.47 Å².